The maximum atomic E-state index is 14.5. The third-order valence-corrected chi connectivity index (χ3v) is 5.18. The Morgan fingerprint density at radius 2 is 1.97 bits per heavy atom. The molecule has 0 saturated heterocycles. The van der Waals surface area contributed by atoms with Crippen molar-refractivity contribution >= 4 is 23.2 Å². The number of hydrogen-bond donors (Lipinski definition) is 2. The minimum Gasteiger partial charge on any atom is -0.326 e. The topological polar surface area (TPSA) is 76.0 Å². The van der Waals surface area contributed by atoms with E-state index in [2.05, 4.69) is 15.7 Å². The molecule has 6 nitrogen and oxygen atoms in total. The Bertz CT molecular complexity index is 1150. The number of nitrogens with zero attached hydrogens (tertiary/aromatic N) is 2. The monoisotopic (exact) mass is 392 g/mol. The van der Waals surface area contributed by atoms with E-state index in [0.717, 1.165) is 28.1 Å². The fourth-order valence-corrected chi connectivity index (χ4v) is 3.49. The smallest absolute Gasteiger partial charge is 0.258 e. The highest BCUT2D eigenvalue weighted by Gasteiger charge is 2.22. The van der Waals surface area contributed by atoms with Crippen LogP contribution in [0, 0.1) is 26.6 Å². The number of nitrogens with one attached hydrogen (secondary N) is 2. The van der Waals surface area contributed by atoms with E-state index in [1.807, 2.05) is 39.0 Å². The molecule has 0 bridgehead atoms. The number of fused-ring (bicyclic) bond motifs is 1. The van der Waals surface area contributed by atoms with Crippen LogP contribution in [0.15, 0.2) is 36.5 Å². The first-order chi connectivity index (χ1) is 13.8. The van der Waals surface area contributed by atoms with Crippen LogP contribution in [-0.2, 0) is 11.2 Å². The fourth-order valence-electron chi connectivity index (χ4n) is 3.49. The van der Waals surface area contributed by atoms with E-state index < -0.39 is 11.7 Å². The summed E-state index contributed by atoms with van der Waals surface area (Å²) >= 11 is 0. The van der Waals surface area contributed by atoms with Gasteiger partial charge in [-0.25, -0.2) is 9.07 Å². The fraction of sp³-hybridized carbons (Fsp3) is 0.227. The van der Waals surface area contributed by atoms with E-state index in [9.17, 15) is 14.0 Å². The van der Waals surface area contributed by atoms with Crippen LogP contribution in [0.25, 0.3) is 5.69 Å². The van der Waals surface area contributed by atoms with Crippen molar-refractivity contribution in [1.29, 1.82) is 0 Å². The Balaban J connectivity index is 1.62. The third kappa shape index (κ3) is 3.51. The standard InChI is InChI=1S/C22H21FN4O2/c1-12-4-5-13(2)20(8-12)27-14(3)19(11-24-27)26-22(29)16-9-15-6-7-21(28)25-18(15)10-17(16)23/h4-5,8-11H,6-7H2,1-3H3,(H,25,28)(H,26,29). The number of aromatic nitrogens is 2. The van der Waals surface area contributed by atoms with Gasteiger partial charge in [-0.2, -0.15) is 5.10 Å². The number of amides is 2. The van der Waals surface area contributed by atoms with Crippen LogP contribution in [0.4, 0.5) is 15.8 Å². The molecule has 7 heteroatoms. The van der Waals surface area contributed by atoms with Gasteiger partial charge in [0.15, 0.2) is 0 Å². The SMILES string of the molecule is Cc1ccc(C)c(-n2ncc(NC(=O)c3cc4c(cc3F)NC(=O)CC4)c2C)c1. The Labute approximate surface area is 167 Å². The predicted molar refractivity (Wildman–Crippen MR) is 109 cm³/mol. The average Bonchev–Trinajstić information content (AvgIpc) is 3.03. The van der Waals surface area contributed by atoms with Gasteiger partial charge in [0, 0.05) is 12.1 Å². The summed E-state index contributed by atoms with van der Waals surface area (Å²) in [5.41, 5.74) is 5.47. The second-order valence-corrected chi connectivity index (χ2v) is 7.34. The summed E-state index contributed by atoms with van der Waals surface area (Å²) in [6.07, 6.45) is 2.36. The van der Waals surface area contributed by atoms with Gasteiger partial charge in [0.1, 0.15) is 5.82 Å². The largest absolute Gasteiger partial charge is 0.326 e. The molecule has 4 rings (SSSR count). The number of hydrogen-bond acceptors (Lipinski definition) is 3. The van der Waals surface area contributed by atoms with Gasteiger partial charge in [-0.05, 0) is 62.1 Å². The van der Waals surface area contributed by atoms with Gasteiger partial charge >= 0.3 is 0 Å². The van der Waals surface area contributed by atoms with Crippen LogP contribution < -0.4 is 10.6 Å². The number of halogens is 1. The first-order valence-electron chi connectivity index (χ1n) is 9.39. The lowest BCUT2D eigenvalue weighted by Gasteiger charge is -2.18. The molecule has 29 heavy (non-hydrogen) atoms. The van der Waals surface area contributed by atoms with E-state index in [-0.39, 0.29) is 11.5 Å². The van der Waals surface area contributed by atoms with Gasteiger partial charge in [-0.3, -0.25) is 9.59 Å². The zero-order valence-corrected chi connectivity index (χ0v) is 16.5. The van der Waals surface area contributed by atoms with Crippen LogP contribution in [0.2, 0.25) is 0 Å². The molecular formula is C22H21FN4O2. The van der Waals surface area contributed by atoms with E-state index in [1.54, 1.807) is 10.9 Å². The van der Waals surface area contributed by atoms with Crippen molar-refractivity contribution in [3.05, 3.63) is 70.3 Å². The van der Waals surface area contributed by atoms with Crippen LogP contribution >= 0.6 is 0 Å². The molecule has 3 aromatic rings. The molecule has 1 aliphatic rings. The Hall–Kier alpha value is -3.48. The van der Waals surface area contributed by atoms with Gasteiger partial charge in [0.25, 0.3) is 5.91 Å². The molecule has 1 aliphatic heterocycles. The van der Waals surface area contributed by atoms with E-state index in [0.29, 0.717) is 24.2 Å². The van der Waals surface area contributed by atoms with Gasteiger partial charge < -0.3 is 10.6 Å². The van der Waals surface area contributed by atoms with Crippen molar-refractivity contribution in [2.75, 3.05) is 10.6 Å². The molecule has 2 amide bonds. The van der Waals surface area contributed by atoms with E-state index >= 15 is 0 Å². The highest BCUT2D eigenvalue weighted by Crippen LogP contribution is 2.27. The summed E-state index contributed by atoms with van der Waals surface area (Å²) in [5.74, 6) is -1.38. The van der Waals surface area contributed by atoms with E-state index in [4.69, 9.17) is 0 Å². The van der Waals surface area contributed by atoms with Crippen molar-refractivity contribution in [2.24, 2.45) is 0 Å². The summed E-state index contributed by atoms with van der Waals surface area (Å²) in [6, 6.07) is 8.78. The van der Waals surface area contributed by atoms with Crippen LogP contribution in [0.1, 0.15) is 39.2 Å². The molecule has 0 spiro atoms. The first kappa shape index (κ1) is 18.9. The number of aryl methyl sites for hydroxylation is 3. The summed E-state index contributed by atoms with van der Waals surface area (Å²) in [6.45, 7) is 5.85. The Morgan fingerprint density at radius 1 is 1.17 bits per heavy atom. The average molecular weight is 392 g/mol. The Kier molecular flexibility index (Phi) is 4.66. The molecule has 0 saturated carbocycles. The summed E-state index contributed by atoms with van der Waals surface area (Å²) in [4.78, 5) is 24.2. The van der Waals surface area contributed by atoms with Crippen molar-refractivity contribution in [1.82, 2.24) is 9.78 Å². The molecule has 2 N–H and O–H groups in total. The molecule has 148 valence electrons. The van der Waals surface area contributed by atoms with Crippen molar-refractivity contribution in [2.45, 2.75) is 33.6 Å². The summed E-state index contributed by atoms with van der Waals surface area (Å²) in [7, 11) is 0. The highest BCUT2D eigenvalue weighted by atomic mass is 19.1. The normalized spacial score (nSPS) is 13.0. The van der Waals surface area contributed by atoms with E-state index in [1.165, 1.54) is 12.1 Å². The number of carbonyl (C=O) groups is 2. The number of benzene rings is 2. The second-order valence-electron chi connectivity index (χ2n) is 7.34. The van der Waals surface area contributed by atoms with Crippen molar-refractivity contribution < 1.29 is 14.0 Å². The van der Waals surface area contributed by atoms with Gasteiger partial charge in [0.05, 0.1) is 28.8 Å². The zero-order valence-electron chi connectivity index (χ0n) is 16.5. The second kappa shape index (κ2) is 7.16. The molecule has 0 unspecified atom stereocenters. The molecule has 0 radical (unpaired) electrons. The van der Waals surface area contributed by atoms with Crippen LogP contribution in [0.3, 0.4) is 0 Å². The molecular weight excluding hydrogens is 371 g/mol. The molecule has 2 heterocycles. The lowest BCUT2D eigenvalue weighted by atomic mass is 9.99. The van der Waals surface area contributed by atoms with Crippen LogP contribution in [0.5, 0.6) is 0 Å². The molecule has 0 aliphatic carbocycles. The van der Waals surface area contributed by atoms with Crippen LogP contribution in [-0.4, -0.2) is 21.6 Å². The maximum absolute atomic E-state index is 14.5. The molecule has 2 aromatic carbocycles. The molecule has 0 fully saturated rings. The molecule has 1 aromatic heterocycles. The summed E-state index contributed by atoms with van der Waals surface area (Å²) in [5, 5.41) is 9.79. The number of anilines is 2. The third-order valence-electron chi connectivity index (χ3n) is 5.18. The quantitative estimate of drug-likeness (QED) is 0.705. The zero-order chi connectivity index (χ0) is 20.7. The minimum atomic E-state index is -0.678. The lowest BCUT2D eigenvalue weighted by Crippen LogP contribution is -2.21. The maximum Gasteiger partial charge on any atom is 0.258 e. The summed E-state index contributed by atoms with van der Waals surface area (Å²) < 4.78 is 16.3. The lowest BCUT2D eigenvalue weighted by molar-refractivity contribution is -0.116. The highest BCUT2D eigenvalue weighted by molar-refractivity contribution is 6.05. The predicted octanol–water partition coefficient (Wildman–Crippen LogP) is 4.07. The van der Waals surface area contributed by atoms with Gasteiger partial charge in [-0.1, -0.05) is 12.1 Å². The van der Waals surface area contributed by atoms with Crippen molar-refractivity contribution in [3.8, 4) is 5.69 Å². The number of carbonyl (C=O) groups excluding carboxylic acids is 2. The Morgan fingerprint density at radius 3 is 2.76 bits per heavy atom. The molecule has 0 atom stereocenters. The number of rotatable bonds is 3. The van der Waals surface area contributed by atoms with Gasteiger partial charge in [0.2, 0.25) is 5.91 Å². The van der Waals surface area contributed by atoms with Crippen molar-refractivity contribution in [3.63, 3.8) is 0 Å². The minimum absolute atomic E-state index is 0.0567. The van der Waals surface area contributed by atoms with Gasteiger partial charge in [-0.15, -0.1) is 0 Å². The first-order valence-corrected chi connectivity index (χ1v) is 9.39.